The Labute approximate surface area is 241 Å². The maximum absolute atomic E-state index is 11.7. The lowest BCUT2D eigenvalue weighted by molar-refractivity contribution is -0.131. The summed E-state index contributed by atoms with van der Waals surface area (Å²) in [5, 5.41) is 0. The molecule has 13 heteroatoms. The van der Waals surface area contributed by atoms with E-state index < -0.39 is 18.4 Å². The van der Waals surface area contributed by atoms with Crippen molar-refractivity contribution in [2.75, 3.05) is 97.6 Å². The van der Waals surface area contributed by atoms with Gasteiger partial charge in [-0.2, -0.15) is 0 Å². The van der Waals surface area contributed by atoms with E-state index >= 15 is 0 Å². The summed E-state index contributed by atoms with van der Waals surface area (Å²) >= 11 is 0. The number of carbonyl (C=O) groups excluding carboxylic acids is 2. The SMILES string of the molecule is C=CC(=C)Oc1ccc(N(CCOCOC)CC(COC)OC)cc1N(CC(COC=O)OC)CC1COC(=O)O1. The van der Waals surface area contributed by atoms with Crippen molar-refractivity contribution in [3.63, 3.8) is 0 Å². The maximum atomic E-state index is 11.7. The van der Waals surface area contributed by atoms with Gasteiger partial charge in [0, 0.05) is 53.8 Å². The van der Waals surface area contributed by atoms with Crippen LogP contribution in [0.15, 0.2) is 43.2 Å². The second-order valence-electron chi connectivity index (χ2n) is 8.99. The van der Waals surface area contributed by atoms with E-state index in [1.165, 1.54) is 13.2 Å². The van der Waals surface area contributed by atoms with Gasteiger partial charge in [-0.3, -0.25) is 4.79 Å². The topological polar surface area (TPSA) is 124 Å². The highest BCUT2D eigenvalue weighted by atomic mass is 16.8. The fraction of sp³-hybridized carbons (Fsp3) is 0.571. The number of methoxy groups -OCH3 is 4. The van der Waals surface area contributed by atoms with Gasteiger partial charge in [0.05, 0.1) is 31.5 Å². The van der Waals surface area contributed by atoms with E-state index in [1.807, 2.05) is 23.1 Å². The molecule has 0 aromatic heterocycles. The largest absolute Gasteiger partial charge is 0.508 e. The first-order valence-corrected chi connectivity index (χ1v) is 13.0. The van der Waals surface area contributed by atoms with Crippen molar-refractivity contribution in [3.8, 4) is 5.75 Å². The van der Waals surface area contributed by atoms with Crippen LogP contribution in [0.5, 0.6) is 5.75 Å². The standard InChI is InChI=1S/C28H42N2O11/c1-7-21(2)40-27-9-8-22(29(10-11-37-20-34-4)13-23(35-5)16-33-3)12-26(27)30(14-24(36-6)17-38-19-31)15-25-18-39-28(32)41-25/h7-9,12,19,23-25H,1-2,10-11,13-18,20H2,3-6H3. The first-order chi connectivity index (χ1) is 19.9. The third-order valence-corrected chi connectivity index (χ3v) is 6.12. The van der Waals surface area contributed by atoms with Crippen LogP contribution in [0.4, 0.5) is 16.2 Å². The van der Waals surface area contributed by atoms with Crippen molar-refractivity contribution in [1.29, 1.82) is 0 Å². The number of hydrogen-bond acceptors (Lipinski definition) is 13. The van der Waals surface area contributed by atoms with Crippen LogP contribution in [0.3, 0.4) is 0 Å². The molecule has 0 amide bonds. The third-order valence-electron chi connectivity index (χ3n) is 6.12. The first-order valence-electron chi connectivity index (χ1n) is 13.0. The number of hydrogen-bond donors (Lipinski definition) is 0. The molecule has 0 aliphatic carbocycles. The second-order valence-corrected chi connectivity index (χ2v) is 8.99. The van der Waals surface area contributed by atoms with Gasteiger partial charge >= 0.3 is 6.16 Å². The molecule has 1 aliphatic rings. The van der Waals surface area contributed by atoms with E-state index in [1.54, 1.807) is 21.3 Å². The summed E-state index contributed by atoms with van der Waals surface area (Å²) < 4.78 is 48.4. The highest BCUT2D eigenvalue weighted by Gasteiger charge is 2.30. The maximum Gasteiger partial charge on any atom is 0.508 e. The summed E-state index contributed by atoms with van der Waals surface area (Å²) in [7, 11) is 6.33. The summed E-state index contributed by atoms with van der Waals surface area (Å²) in [6, 6.07) is 5.66. The Bertz CT molecular complexity index is 961. The molecule has 1 fully saturated rings. The first kappa shape index (κ1) is 33.8. The van der Waals surface area contributed by atoms with Gasteiger partial charge < -0.3 is 52.4 Å². The minimum Gasteiger partial charge on any atom is -0.465 e. The normalized spacial score (nSPS) is 15.8. The van der Waals surface area contributed by atoms with Crippen LogP contribution in [0.2, 0.25) is 0 Å². The predicted octanol–water partition coefficient (Wildman–Crippen LogP) is 2.38. The van der Waals surface area contributed by atoms with Crippen LogP contribution in [0, 0.1) is 0 Å². The third kappa shape index (κ3) is 11.6. The summed E-state index contributed by atoms with van der Waals surface area (Å²) in [4.78, 5) is 26.6. The molecule has 0 N–H and O–H groups in total. The van der Waals surface area contributed by atoms with Crippen LogP contribution in [-0.2, 0) is 42.7 Å². The Hall–Kier alpha value is -3.36. The van der Waals surface area contributed by atoms with E-state index in [9.17, 15) is 9.59 Å². The van der Waals surface area contributed by atoms with E-state index in [-0.39, 0.29) is 39.2 Å². The van der Waals surface area contributed by atoms with Crippen molar-refractivity contribution in [2.45, 2.75) is 18.3 Å². The molecule has 2 rings (SSSR count). The van der Waals surface area contributed by atoms with Crippen molar-refractivity contribution in [2.24, 2.45) is 0 Å². The van der Waals surface area contributed by atoms with Crippen LogP contribution >= 0.6 is 0 Å². The van der Waals surface area contributed by atoms with Gasteiger partial charge in [-0.1, -0.05) is 13.2 Å². The zero-order valence-electron chi connectivity index (χ0n) is 24.3. The fourth-order valence-electron chi connectivity index (χ4n) is 4.05. The van der Waals surface area contributed by atoms with Gasteiger partial charge in [-0.05, 0) is 24.3 Å². The Balaban J connectivity index is 2.53. The zero-order valence-corrected chi connectivity index (χ0v) is 24.3. The molecule has 3 atom stereocenters. The predicted molar refractivity (Wildman–Crippen MR) is 150 cm³/mol. The molecule has 1 aliphatic heterocycles. The van der Waals surface area contributed by atoms with Crippen LogP contribution < -0.4 is 14.5 Å². The smallest absolute Gasteiger partial charge is 0.465 e. The van der Waals surface area contributed by atoms with E-state index in [0.717, 1.165) is 5.69 Å². The van der Waals surface area contributed by atoms with Crippen LogP contribution in [0.25, 0.3) is 0 Å². The van der Waals surface area contributed by atoms with Crippen molar-refractivity contribution >= 4 is 24.0 Å². The van der Waals surface area contributed by atoms with E-state index in [0.29, 0.717) is 50.0 Å². The van der Waals surface area contributed by atoms with E-state index in [2.05, 4.69) is 18.1 Å². The Morgan fingerprint density at radius 2 is 1.83 bits per heavy atom. The minimum absolute atomic E-state index is 0.0161. The van der Waals surface area contributed by atoms with Crippen molar-refractivity contribution in [3.05, 3.63) is 43.2 Å². The fourth-order valence-corrected chi connectivity index (χ4v) is 4.05. The number of anilines is 2. The molecule has 41 heavy (non-hydrogen) atoms. The Morgan fingerprint density at radius 3 is 2.44 bits per heavy atom. The lowest BCUT2D eigenvalue weighted by Crippen LogP contribution is -2.42. The van der Waals surface area contributed by atoms with Gasteiger partial charge in [-0.25, -0.2) is 4.79 Å². The molecule has 1 aromatic carbocycles. The number of ether oxygens (including phenoxy) is 9. The summed E-state index contributed by atoms with van der Waals surface area (Å²) in [5.74, 6) is 0.817. The molecular formula is C28H42N2O11. The van der Waals surface area contributed by atoms with Crippen LogP contribution in [-0.4, -0.2) is 119 Å². The van der Waals surface area contributed by atoms with Crippen molar-refractivity contribution < 1.29 is 52.2 Å². The molecular weight excluding hydrogens is 540 g/mol. The number of allylic oxidation sites excluding steroid dienone is 1. The van der Waals surface area contributed by atoms with Crippen molar-refractivity contribution in [1.82, 2.24) is 0 Å². The molecule has 230 valence electrons. The second kappa shape index (κ2) is 18.9. The molecule has 1 heterocycles. The van der Waals surface area contributed by atoms with Gasteiger partial charge in [-0.15, -0.1) is 0 Å². The highest BCUT2D eigenvalue weighted by Crippen LogP contribution is 2.35. The quantitative estimate of drug-likeness (QED) is 0.0469. The van der Waals surface area contributed by atoms with Gasteiger partial charge in [0.1, 0.15) is 31.9 Å². The molecule has 3 unspecified atom stereocenters. The average Bonchev–Trinajstić information content (AvgIpc) is 3.40. The van der Waals surface area contributed by atoms with Gasteiger partial charge in [0.15, 0.2) is 11.9 Å². The minimum atomic E-state index is -0.737. The lowest BCUT2D eigenvalue weighted by atomic mass is 10.1. The number of rotatable bonds is 23. The van der Waals surface area contributed by atoms with E-state index in [4.69, 9.17) is 42.6 Å². The molecule has 0 spiro atoms. The van der Waals surface area contributed by atoms with Gasteiger partial charge in [0.25, 0.3) is 6.47 Å². The molecule has 0 bridgehead atoms. The summed E-state index contributed by atoms with van der Waals surface area (Å²) in [5.41, 5.74) is 1.48. The monoisotopic (exact) mass is 582 g/mol. The Kier molecular flexibility index (Phi) is 15.6. The average molecular weight is 583 g/mol. The van der Waals surface area contributed by atoms with Gasteiger partial charge in [0.2, 0.25) is 0 Å². The summed E-state index contributed by atoms with van der Waals surface area (Å²) in [6.45, 7) is 10.6. The number of benzene rings is 1. The molecule has 13 nitrogen and oxygen atoms in total. The number of carbonyl (C=O) groups is 2. The Morgan fingerprint density at radius 1 is 1.10 bits per heavy atom. The summed E-state index contributed by atoms with van der Waals surface area (Å²) in [6.07, 6.45) is -0.511. The van der Waals surface area contributed by atoms with Crippen LogP contribution in [0.1, 0.15) is 0 Å². The molecule has 0 saturated carbocycles. The molecule has 0 radical (unpaired) electrons. The highest BCUT2D eigenvalue weighted by molar-refractivity contribution is 5.68. The lowest BCUT2D eigenvalue weighted by Gasteiger charge is -2.33. The number of cyclic esters (lactones) is 2. The molecule has 1 saturated heterocycles. The zero-order chi connectivity index (χ0) is 30.0. The number of nitrogens with zero attached hydrogens (tertiary/aromatic N) is 2. The molecule has 1 aromatic rings.